The number of nitrogens with one attached hydrogen (secondary N) is 1. The molecule has 7 N–H and O–H groups in total. The lowest BCUT2D eigenvalue weighted by molar-refractivity contribution is -0.302. The molecule has 1 amide bonds. The van der Waals surface area contributed by atoms with Crippen molar-refractivity contribution in [2.45, 2.75) is 198 Å². The highest BCUT2D eigenvalue weighted by Gasteiger charge is 2.44. The molecule has 0 aliphatic carbocycles. The molecule has 0 spiro atoms. The van der Waals surface area contributed by atoms with E-state index in [0.717, 1.165) is 51.4 Å². The topological polar surface area (TPSA) is 169 Å². The first-order chi connectivity index (χ1) is 25.3. The summed E-state index contributed by atoms with van der Waals surface area (Å²) >= 11 is 0. The number of carbonyl (C=O) groups excluding carboxylic acids is 1. The van der Waals surface area contributed by atoms with Gasteiger partial charge in [-0.05, 0) is 64.2 Å². The number of aliphatic hydroxyl groups is 6. The van der Waals surface area contributed by atoms with E-state index in [4.69, 9.17) is 9.47 Å². The molecular formula is C42H75NO9. The second-order valence-electron chi connectivity index (χ2n) is 14.2. The van der Waals surface area contributed by atoms with Crippen molar-refractivity contribution in [3.63, 3.8) is 0 Å². The Bertz CT molecular complexity index is 969. The first-order valence-electron chi connectivity index (χ1n) is 20.5. The molecule has 10 heteroatoms. The lowest BCUT2D eigenvalue weighted by atomic mass is 9.99. The Morgan fingerprint density at radius 3 is 1.83 bits per heavy atom. The highest BCUT2D eigenvalue weighted by molar-refractivity contribution is 5.80. The minimum Gasteiger partial charge on any atom is -0.394 e. The third-order valence-electron chi connectivity index (χ3n) is 9.48. The maximum atomic E-state index is 13.0. The molecular weight excluding hydrogens is 662 g/mol. The molecule has 1 aliphatic rings. The monoisotopic (exact) mass is 738 g/mol. The summed E-state index contributed by atoms with van der Waals surface area (Å²) in [7, 11) is 0. The van der Waals surface area contributed by atoms with Gasteiger partial charge in [-0.25, -0.2) is 0 Å². The van der Waals surface area contributed by atoms with Crippen LogP contribution in [0.3, 0.4) is 0 Å². The zero-order valence-corrected chi connectivity index (χ0v) is 32.4. The minimum atomic E-state index is -1.62. The van der Waals surface area contributed by atoms with Gasteiger partial charge in [-0.3, -0.25) is 4.79 Å². The largest absolute Gasteiger partial charge is 0.394 e. The molecule has 0 aromatic heterocycles. The van der Waals surface area contributed by atoms with Crippen molar-refractivity contribution < 1.29 is 44.9 Å². The van der Waals surface area contributed by atoms with Gasteiger partial charge >= 0.3 is 0 Å². The molecule has 0 radical (unpaired) electrons. The quantitative estimate of drug-likeness (QED) is 0.0303. The van der Waals surface area contributed by atoms with Gasteiger partial charge in [0.05, 0.1) is 25.4 Å². The molecule has 52 heavy (non-hydrogen) atoms. The molecule has 10 nitrogen and oxygen atoms in total. The lowest BCUT2D eigenvalue weighted by Crippen LogP contribution is -2.60. The van der Waals surface area contributed by atoms with E-state index >= 15 is 0 Å². The number of amides is 1. The van der Waals surface area contributed by atoms with Gasteiger partial charge in [0.25, 0.3) is 0 Å². The Balaban J connectivity index is 2.54. The Morgan fingerprint density at radius 2 is 1.19 bits per heavy atom. The van der Waals surface area contributed by atoms with Crippen molar-refractivity contribution in [1.29, 1.82) is 0 Å². The van der Waals surface area contributed by atoms with Crippen molar-refractivity contribution >= 4 is 5.91 Å². The van der Waals surface area contributed by atoms with Gasteiger partial charge in [-0.2, -0.15) is 0 Å². The van der Waals surface area contributed by atoms with Crippen LogP contribution in [-0.4, -0.2) is 98.7 Å². The van der Waals surface area contributed by atoms with E-state index in [1.165, 1.54) is 64.2 Å². The summed E-state index contributed by atoms with van der Waals surface area (Å²) in [5.41, 5.74) is 0. The molecule has 302 valence electrons. The average Bonchev–Trinajstić information content (AvgIpc) is 3.14. The average molecular weight is 738 g/mol. The molecule has 0 saturated carbocycles. The van der Waals surface area contributed by atoms with Crippen LogP contribution in [-0.2, 0) is 14.3 Å². The van der Waals surface area contributed by atoms with Crippen LogP contribution in [0.25, 0.3) is 0 Å². The predicted octanol–water partition coefficient (Wildman–Crippen LogP) is 6.47. The number of ether oxygens (including phenoxy) is 2. The van der Waals surface area contributed by atoms with Crippen molar-refractivity contribution in [2.24, 2.45) is 0 Å². The molecule has 1 unspecified atom stereocenters. The maximum absolute atomic E-state index is 13.0. The fourth-order valence-electron chi connectivity index (χ4n) is 6.03. The van der Waals surface area contributed by atoms with Gasteiger partial charge in [0, 0.05) is 0 Å². The Kier molecular flexibility index (Phi) is 30.1. The second kappa shape index (κ2) is 32.5. The molecule has 1 fully saturated rings. The van der Waals surface area contributed by atoms with Gasteiger partial charge in [0.15, 0.2) is 6.29 Å². The van der Waals surface area contributed by atoms with Gasteiger partial charge in [-0.1, -0.05) is 133 Å². The fraction of sp³-hybridized carbons (Fsp3) is 0.786. The number of allylic oxidation sites excluding steroid dienone is 7. The molecule has 8 atom stereocenters. The van der Waals surface area contributed by atoms with Gasteiger partial charge in [0.2, 0.25) is 5.91 Å². The Hall–Kier alpha value is -1.89. The Labute approximate surface area is 315 Å². The highest BCUT2D eigenvalue weighted by Crippen LogP contribution is 2.22. The number of hydrogen-bond donors (Lipinski definition) is 7. The van der Waals surface area contributed by atoms with Crippen LogP contribution in [0.5, 0.6) is 0 Å². The summed E-state index contributed by atoms with van der Waals surface area (Å²) in [6.45, 7) is 3.51. The van der Waals surface area contributed by atoms with Crippen molar-refractivity contribution in [2.75, 3.05) is 13.2 Å². The van der Waals surface area contributed by atoms with Gasteiger partial charge < -0.3 is 45.4 Å². The molecule has 1 aliphatic heterocycles. The molecule has 0 aromatic carbocycles. The van der Waals surface area contributed by atoms with Gasteiger partial charge in [-0.15, -0.1) is 0 Å². The fourth-order valence-corrected chi connectivity index (χ4v) is 6.03. The molecule has 0 bridgehead atoms. The van der Waals surface area contributed by atoms with Crippen LogP contribution < -0.4 is 5.32 Å². The summed E-state index contributed by atoms with van der Waals surface area (Å²) in [6, 6.07) is -1.00. The predicted molar refractivity (Wildman–Crippen MR) is 209 cm³/mol. The number of rotatable bonds is 32. The van der Waals surface area contributed by atoms with Crippen LogP contribution in [0.4, 0.5) is 0 Å². The third-order valence-corrected chi connectivity index (χ3v) is 9.48. The number of hydrogen-bond acceptors (Lipinski definition) is 9. The molecule has 1 rings (SSSR count). The highest BCUT2D eigenvalue weighted by atomic mass is 16.7. The summed E-state index contributed by atoms with van der Waals surface area (Å²) in [6.07, 6.45) is 29.1. The number of carbonyl (C=O) groups is 1. The summed E-state index contributed by atoms with van der Waals surface area (Å²) in [4.78, 5) is 13.0. The SMILES string of the molecule is CCCCC/C=C/C/C=C/CCCCCCC(O)C(=O)N[C@@H](CO[C@H]1O[C@H](CO)[C@@H](O)[C@H](O)[C@H]1O)[C@H](O)/C=C/CC/C=C/CCCCCCCCC. The van der Waals surface area contributed by atoms with Crippen LogP contribution >= 0.6 is 0 Å². The molecule has 0 aromatic rings. The first kappa shape index (κ1) is 48.1. The molecule has 1 saturated heterocycles. The summed E-state index contributed by atoms with van der Waals surface area (Å²) < 4.78 is 11.1. The zero-order valence-electron chi connectivity index (χ0n) is 32.4. The van der Waals surface area contributed by atoms with E-state index in [1.807, 2.05) is 6.08 Å². The maximum Gasteiger partial charge on any atom is 0.249 e. The third kappa shape index (κ3) is 23.0. The van der Waals surface area contributed by atoms with E-state index < -0.39 is 61.5 Å². The van der Waals surface area contributed by atoms with E-state index in [9.17, 15) is 35.4 Å². The van der Waals surface area contributed by atoms with Crippen LogP contribution in [0, 0.1) is 0 Å². The normalized spacial score (nSPS) is 23.0. The number of aliphatic hydroxyl groups excluding tert-OH is 6. The van der Waals surface area contributed by atoms with Crippen molar-refractivity contribution in [3.8, 4) is 0 Å². The van der Waals surface area contributed by atoms with Crippen LogP contribution in [0.1, 0.15) is 149 Å². The van der Waals surface area contributed by atoms with E-state index in [1.54, 1.807) is 6.08 Å². The van der Waals surface area contributed by atoms with Crippen LogP contribution in [0.15, 0.2) is 48.6 Å². The lowest BCUT2D eigenvalue weighted by Gasteiger charge is -2.40. The number of unbranched alkanes of at least 4 members (excludes halogenated alkanes) is 15. The second-order valence-corrected chi connectivity index (χ2v) is 14.2. The van der Waals surface area contributed by atoms with E-state index in [-0.39, 0.29) is 13.0 Å². The molecule has 1 heterocycles. The smallest absolute Gasteiger partial charge is 0.249 e. The van der Waals surface area contributed by atoms with E-state index in [0.29, 0.717) is 12.8 Å². The minimum absolute atomic E-state index is 0.280. The van der Waals surface area contributed by atoms with Crippen molar-refractivity contribution in [1.82, 2.24) is 5.32 Å². The first-order valence-corrected chi connectivity index (χ1v) is 20.5. The summed E-state index contributed by atoms with van der Waals surface area (Å²) in [5, 5.41) is 64.3. The Morgan fingerprint density at radius 1 is 0.673 bits per heavy atom. The zero-order chi connectivity index (χ0) is 38.2. The van der Waals surface area contributed by atoms with E-state index in [2.05, 4.69) is 55.6 Å². The van der Waals surface area contributed by atoms with Crippen LogP contribution in [0.2, 0.25) is 0 Å². The van der Waals surface area contributed by atoms with Crippen molar-refractivity contribution in [3.05, 3.63) is 48.6 Å². The standard InChI is InChI=1S/C42H75NO9/c1-3-5-7-9-11-13-15-17-19-21-23-25-27-29-31-36(46)41(50)43-34(33-51-42-40(49)39(48)38(47)37(32-44)52-42)35(45)30-28-26-24-22-20-18-16-14-12-10-8-6-4-2/h11,13,17,19-20,22,28,30,34-40,42,44-49H,3-10,12,14-16,18,21,23-27,29,31-33H2,1-2H3,(H,43,50)/b13-11+,19-17+,22-20+,30-28+/t34-,35+,36?,37+,38+,39-,40+,42-/m0/s1. The summed E-state index contributed by atoms with van der Waals surface area (Å²) in [5.74, 6) is -0.645. The van der Waals surface area contributed by atoms with Gasteiger partial charge in [0.1, 0.15) is 30.5 Å².